The van der Waals surface area contributed by atoms with Crippen LogP contribution in [0.5, 0.6) is 0 Å². The summed E-state index contributed by atoms with van der Waals surface area (Å²) in [6.45, 7) is 3.45. The number of imide groups is 1. The number of hydrogen-bond donors (Lipinski definition) is 1. The summed E-state index contributed by atoms with van der Waals surface area (Å²) in [5.41, 5.74) is -1.65. The smallest absolute Gasteiger partial charge is 0.295 e. The summed E-state index contributed by atoms with van der Waals surface area (Å²) in [4.78, 5) is 63.7. The maximum absolute atomic E-state index is 12.5. The van der Waals surface area contributed by atoms with E-state index in [2.05, 4.69) is 10.3 Å². The second-order valence-corrected chi connectivity index (χ2v) is 5.16. The molecule has 11 nitrogen and oxygen atoms in total. The monoisotopic (exact) mass is 336 g/mol. The van der Waals surface area contributed by atoms with E-state index in [9.17, 15) is 24.0 Å². The lowest BCUT2D eigenvalue weighted by molar-refractivity contribution is -0.126. The molecule has 0 aliphatic rings. The zero-order valence-corrected chi connectivity index (χ0v) is 13.8. The molecule has 1 N–H and O–H groups in total. The molecular formula is C13H16N6O5. The molecule has 0 atom stereocenters. The standard InChI is InChI=1S/C13H16N6O5/c1-6(20)14-12-15-10-9(11(23)17(5)13(24)16(10)4)19(12)18(7(2)21)8(3)22/h1-5H3,(H,14,15,20). The number of carbonyl (C=O) groups excluding carboxylic acids is 3. The topological polar surface area (TPSA) is 128 Å². The highest BCUT2D eigenvalue weighted by molar-refractivity contribution is 6.08. The molecule has 3 amide bonds. The number of nitrogens with zero attached hydrogens (tertiary/aromatic N) is 5. The van der Waals surface area contributed by atoms with Crippen LogP contribution in [0.15, 0.2) is 9.59 Å². The van der Waals surface area contributed by atoms with E-state index < -0.39 is 29.0 Å². The number of imidazole rings is 1. The van der Waals surface area contributed by atoms with Gasteiger partial charge in [0.2, 0.25) is 23.7 Å². The summed E-state index contributed by atoms with van der Waals surface area (Å²) in [5.74, 6) is -2.13. The fourth-order valence-electron chi connectivity index (χ4n) is 2.32. The van der Waals surface area contributed by atoms with Crippen LogP contribution < -0.4 is 21.6 Å². The minimum absolute atomic E-state index is 0.0700. The number of aryl methyl sites for hydroxylation is 1. The first-order chi connectivity index (χ1) is 11.1. The third-order valence-corrected chi connectivity index (χ3v) is 3.32. The fourth-order valence-corrected chi connectivity index (χ4v) is 2.32. The zero-order chi connectivity index (χ0) is 18.3. The van der Waals surface area contributed by atoms with Gasteiger partial charge in [0.25, 0.3) is 5.56 Å². The SMILES string of the molecule is CC(=O)Nc1nc2c(c(=O)n(C)c(=O)n2C)n1N(C(C)=O)C(C)=O. The first-order valence-corrected chi connectivity index (χ1v) is 6.85. The average Bonchev–Trinajstić information content (AvgIpc) is 2.81. The van der Waals surface area contributed by atoms with Crippen LogP contribution in [0.3, 0.4) is 0 Å². The van der Waals surface area contributed by atoms with Crippen molar-refractivity contribution in [2.45, 2.75) is 20.8 Å². The van der Waals surface area contributed by atoms with Crippen LogP contribution in [0, 0.1) is 0 Å². The molecule has 2 aromatic heterocycles. The molecule has 0 radical (unpaired) electrons. The summed E-state index contributed by atoms with van der Waals surface area (Å²) in [5, 5.41) is 3.01. The Morgan fingerprint density at radius 1 is 1.00 bits per heavy atom. The van der Waals surface area contributed by atoms with Gasteiger partial charge in [-0.25, -0.2) is 9.47 Å². The Morgan fingerprint density at radius 3 is 2.00 bits per heavy atom. The maximum atomic E-state index is 12.5. The number of rotatable bonds is 2. The predicted octanol–water partition coefficient (Wildman–Crippen LogP) is -1.58. The van der Waals surface area contributed by atoms with Gasteiger partial charge in [-0.2, -0.15) is 9.99 Å². The third-order valence-electron chi connectivity index (χ3n) is 3.32. The van der Waals surface area contributed by atoms with Crippen molar-refractivity contribution in [3.05, 3.63) is 20.8 Å². The Balaban J connectivity index is 3.07. The van der Waals surface area contributed by atoms with Crippen LogP contribution in [-0.2, 0) is 28.5 Å². The van der Waals surface area contributed by atoms with Crippen molar-refractivity contribution >= 4 is 34.8 Å². The van der Waals surface area contributed by atoms with Gasteiger partial charge in [-0.1, -0.05) is 0 Å². The second-order valence-electron chi connectivity index (χ2n) is 5.16. The number of nitrogens with one attached hydrogen (secondary N) is 1. The molecule has 0 unspecified atom stereocenters. The Labute approximate surface area is 135 Å². The van der Waals surface area contributed by atoms with Crippen molar-refractivity contribution in [2.24, 2.45) is 14.1 Å². The third kappa shape index (κ3) is 2.49. The zero-order valence-electron chi connectivity index (χ0n) is 13.8. The number of hydrogen-bond acceptors (Lipinski definition) is 6. The fraction of sp³-hybridized carbons (Fsp3) is 0.385. The highest BCUT2D eigenvalue weighted by Gasteiger charge is 2.27. The molecule has 0 fully saturated rings. The van der Waals surface area contributed by atoms with Gasteiger partial charge in [-0.3, -0.25) is 33.6 Å². The van der Waals surface area contributed by atoms with Crippen LogP contribution in [-0.4, -0.2) is 36.5 Å². The lowest BCUT2D eigenvalue weighted by Gasteiger charge is -2.20. The van der Waals surface area contributed by atoms with Crippen molar-refractivity contribution in [3.8, 4) is 0 Å². The quantitative estimate of drug-likeness (QED) is 0.705. The number of anilines is 1. The van der Waals surface area contributed by atoms with Crippen LogP contribution in [0.4, 0.5) is 5.95 Å². The Hall–Kier alpha value is -3.24. The van der Waals surface area contributed by atoms with E-state index in [1.807, 2.05) is 0 Å². The molecule has 0 aliphatic heterocycles. The molecule has 0 saturated heterocycles. The Bertz CT molecular complexity index is 981. The van der Waals surface area contributed by atoms with Gasteiger partial charge in [-0.15, -0.1) is 0 Å². The lowest BCUT2D eigenvalue weighted by atomic mass is 10.5. The summed E-state index contributed by atoms with van der Waals surface area (Å²) in [6.07, 6.45) is 0. The van der Waals surface area contributed by atoms with Crippen LogP contribution in [0.2, 0.25) is 0 Å². The van der Waals surface area contributed by atoms with E-state index in [1.54, 1.807) is 0 Å². The first-order valence-electron chi connectivity index (χ1n) is 6.85. The number of fused-ring (bicyclic) bond motifs is 1. The van der Waals surface area contributed by atoms with E-state index >= 15 is 0 Å². The predicted molar refractivity (Wildman–Crippen MR) is 84.1 cm³/mol. The Kier molecular flexibility index (Phi) is 4.11. The molecule has 0 saturated carbocycles. The molecule has 2 heterocycles. The molecule has 24 heavy (non-hydrogen) atoms. The van der Waals surface area contributed by atoms with Crippen molar-refractivity contribution in [1.82, 2.24) is 18.8 Å². The summed E-state index contributed by atoms with van der Waals surface area (Å²) >= 11 is 0. The molecule has 128 valence electrons. The highest BCUT2D eigenvalue weighted by atomic mass is 16.2. The number of carbonyl (C=O) groups is 3. The van der Waals surface area contributed by atoms with Crippen molar-refractivity contribution in [1.29, 1.82) is 0 Å². The van der Waals surface area contributed by atoms with Gasteiger partial charge in [-0.05, 0) is 0 Å². The van der Waals surface area contributed by atoms with Gasteiger partial charge in [0.1, 0.15) is 0 Å². The molecule has 2 aromatic rings. The maximum Gasteiger partial charge on any atom is 0.332 e. The van der Waals surface area contributed by atoms with Gasteiger partial charge >= 0.3 is 5.69 Å². The van der Waals surface area contributed by atoms with E-state index in [0.29, 0.717) is 5.01 Å². The van der Waals surface area contributed by atoms with Crippen LogP contribution in [0.1, 0.15) is 20.8 Å². The van der Waals surface area contributed by atoms with Crippen molar-refractivity contribution in [2.75, 3.05) is 10.3 Å². The summed E-state index contributed by atoms with van der Waals surface area (Å²) in [7, 11) is 2.64. The minimum atomic E-state index is -0.760. The van der Waals surface area contributed by atoms with Gasteiger partial charge in [0, 0.05) is 34.9 Å². The van der Waals surface area contributed by atoms with Crippen LogP contribution in [0.25, 0.3) is 11.2 Å². The van der Waals surface area contributed by atoms with Crippen molar-refractivity contribution in [3.63, 3.8) is 0 Å². The van der Waals surface area contributed by atoms with E-state index in [4.69, 9.17) is 0 Å². The molecule has 0 aliphatic carbocycles. The second kappa shape index (κ2) is 5.76. The molecule has 2 rings (SSSR count). The van der Waals surface area contributed by atoms with Crippen LogP contribution >= 0.6 is 0 Å². The molecule has 0 spiro atoms. The minimum Gasteiger partial charge on any atom is -0.295 e. The van der Waals surface area contributed by atoms with E-state index in [1.165, 1.54) is 21.0 Å². The molecule has 11 heteroatoms. The number of aromatic nitrogens is 4. The summed E-state index contributed by atoms with van der Waals surface area (Å²) in [6, 6.07) is 0. The average molecular weight is 336 g/mol. The van der Waals surface area contributed by atoms with Gasteiger partial charge in [0.15, 0.2) is 11.2 Å². The summed E-state index contributed by atoms with van der Waals surface area (Å²) < 4.78 is 2.80. The Morgan fingerprint density at radius 2 is 1.54 bits per heavy atom. The highest BCUT2D eigenvalue weighted by Crippen LogP contribution is 2.16. The lowest BCUT2D eigenvalue weighted by Crippen LogP contribution is -2.46. The first kappa shape index (κ1) is 17.1. The van der Waals surface area contributed by atoms with E-state index in [0.717, 1.165) is 27.7 Å². The van der Waals surface area contributed by atoms with Gasteiger partial charge < -0.3 is 0 Å². The molecule has 0 aromatic carbocycles. The van der Waals surface area contributed by atoms with E-state index in [-0.39, 0.29) is 17.1 Å². The molecule has 0 bridgehead atoms. The number of amides is 3. The normalized spacial score (nSPS) is 10.7. The largest absolute Gasteiger partial charge is 0.332 e. The van der Waals surface area contributed by atoms with Crippen molar-refractivity contribution < 1.29 is 14.4 Å². The van der Waals surface area contributed by atoms with Gasteiger partial charge in [0.05, 0.1) is 0 Å². The molecular weight excluding hydrogens is 320 g/mol.